The highest BCUT2D eigenvalue weighted by molar-refractivity contribution is 9.10. The summed E-state index contributed by atoms with van der Waals surface area (Å²) in [6.07, 6.45) is 3.74. The van der Waals surface area contributed by atoms with Gasteiger partial charge in [0.1, 0.15) is 0 Å². The summed E-state index contributed by atoms with van der Waals surface area (Å²) in [6.45, 7) is 0.620. The van der Waals surface area contributed by atoms with E-state index in [4.69, 9.17) is 9.47 Å². The highest BCUT2D eigenvalue weighted by Crippen LogP contribution is 2.35. The molecular weight excluding hydrogens is 346 g/mol. The second kappa shape index (κ2) is 6.67. The van der Waals surface area contributed by atoms with Crippen LogP contribution in [0.3, 0.4) is 0 Å². The molecule has 0 N–H and O–H groups in total. The van der Waals surface area contributed by atoms with Crippen molar-refractivity contribution in [2.45, 2.75) is 31.6 Å². The van der Waals surface area contributed by atoms with E-state index in [1.165, 1.54) is 12.7 Å². The van der Waals surface area contributed by atoms with Crippen molar-refractivity contribution in [1.82, 2.24) is 4.57 Å². The highest BCUT2D eigenvalue weighted by Gasteiger charge is 2.32. The van der Waals surface area contributed by atoms with Gasteiger partial charge >= 0.3 is 0 Å². The molecule has 1 aliphatic rings. The van der Waals surface area contributed by atoms with Crippen LogP contribution >= 0.6 is 15.9 Å². The van der Waals surface area contributed by atoms with Crippen LogP contribution in [0.15, 0.2) is 51.9 Å². The SMILES string of the molecule is COc1cc(Br)cn([C@H]2C[C@@H](OCc3ccccc3)C2)c1=O. The van der Waals surface area contributed by atoms with Gasteiger partial charge in [0.15, 0.2) is 5.75 Å². The molecule has 1 aliphatic carbocycles. The predicted octanol–water partition coefficient (Wildman–Crippen LogP) is 3.54. The maximum absolute atomic E-state index is 12.2. The van der Waals surface area contributed by atoms with Crippen molar-refractivity contribution in [2.24, 2.45) is 0 Å². The van der Waals surface area contributed by atoms with E-state index < -0.39 is 0 Å². The van der Waals surface area contributed by atoms with Gasteiger partial charge in [0.2, 0.25) is 0 Å². The Hall–Kier alpha value is -1.59. The number of hydrogen-bond donors (Lipinski definition) is 0. The molecule has 5 heteroatoms. The summed E-state index contributed by atoms with van der Waals surface area (Å²) in [5, 5.41) is 0. The fourth-order valence-corrected chi connectivity index (χ4v) is 3.08. The standard InChI is InChI=1S/C17H18BrNO3/c1-21-16-7-13(18)10-19(17(16)20)14-8-15(9-14)22-11-12-5-3-2-4-6-12/h2-7,10,14-15H,8-9,11H2,1H3/t14-,15+. The molecule has 0 aliphatic heterocycles. The van der Waals surface area contributed by atoms with Crippen LogP contribution in [0.5, 0.6) is 5.75 Å². The van der Waals surface area contributed by atoms with Crippen molar-refractivity contribution in [3.05, 3.63) is 63.0 Å². The molecule has 1 aromatic heterocycles. The summed E-state index contributed by atoms with van der Waals surface area (Å²) in [6, 6.07) is 12.0. The van der Waals surface area contributed by atoms with Gasteiger partial charge in [-0.15, -0.1) is 0 Å². The monoisotopic (exact) mass is 363 g/mol. The number of benzene rings is 1. The quantitative estimate of drug-likeness (QED) is 0.815. The zero-order chi connectivity index (χ0) is 15.5. The maximum Gasteiger partial charge on any atom is 0.293 e. The summed E-state index contributed by atoms with van der Waals surface area (Å²) >= 11 is 3.42. The van der Waals surface area contributed by atoms with Gasteiger partial charge in [0.25, 0.3) is 5.56 Å². The van der Waals surface area contributed by atoms with Crippen LogP contribution in [0, 0.1) is 0 Å². The number of ether oxygens (including phenoxy) is 2. The van der Waals surface area contributed by atoms with Crippen LogP contribution < -0.4 is 10.3 Å². The molecule has 1 heterocycles. The van der Waals surface area contributed by atoms with Crippen molar-refractivity contribution in [1.29, 1.82) is 0 Å². The number of halogens is 1. The molecule has 0 unspecified atom stereocenters. The minimum atomic E-state index is -0.0859. The van der Waals surface area contributed by atoms with E-state index in [1.807, 2.05) is 24.4 Å². The molecule has 3 rings (SSSR count). The van der Waals surface area contributed by atoms with Gasteiger partial charge in [-0.05, 0) is 34.3 Å². The van der Waals surface area contributed by atoms with Gasteiger partial charge < -0.3 is 14.0 Å². The maximum atomic E-state index is 12.2. The third kappa shape index (κ3) is 3.25. The van der Waals surface area contributed by atoms with Crippen LogP contribution in [0.4, 0.5) is 0 Å². The molecule has 0 saturated heterocycles. The molecule has 116 valence electrons. The summed E-state index contributed by atoms with van der Waals surface area (Å²) in [5.41, 5.74) is 1.09. The van der Waals surface area contributed by atoms with Gasteiger partial charge in [-0.25, -0.2) is 0 Å². The highest BCUT2D eigenvalue weighted by atomic mass is 79.9. The van der Waals surface area contributed by atoms with Crippen molar-refractivity contribution < 1.29 is 9.47 Å². The molecule has 1 saturated carbocycles. The number of methoxy groups -OCH3 is 1. The topological polar surface area (TPSA) is 40.5 Å². The Morgan fingerprint density at radius 3 is 2.68 bits per heavy atom. The number of hydrogen-bond acceptors (Lipinski definition) is 3. The lowest BCUT2D eigenvalue weighted by Gasteiger charge is -2.36. The van der Waals surface area contributed by atoms with Crippen molar-refractivity contribution in [2.75, 3.05) is 7.11 Å². The van der Waals surface area contributed by atoms with E-state index in [0.29, 0.717) is 12.4 Å². The first-order valence-electron chi connectivity index (χ1n) is 7.28. The second-order valence-electron chi connectivity index (χ2n) is 5.48. The third-order valence-corrected chi connectivity index (χ3v) is 4.42. The van der Waals surface area contributed by atoms with Gasteiger partial charge in [0, 0.05) is 22.8 Å². The zero-order valence-electron chi connectivity index (χ0n) is 12.4. The molecule has 0 spiro atoms. The summed E-state index contributed by atoms with van der Waals surface area (Å²) in [4.78, 5) is 12.2. The molecule has 0 atom stereocenters. The van der Waals surface area contributed by atoms with Gasteiger partial charge in [-0.2, -0.15) is 0 Å². The predicted molar refractivity (Wildman–Crippen MR) is 88.2 cm³/mol. The van der Waals surface area contributed by atoms with Gasteiger partial charge in [0.05, 0.1) is 19.8 Å². The van der Waals surface area contributed by atoms with Crippen molar-refractivity contribution >= 4 is 15.9 Å². The van der Waals surface area contributed by atoms with Gasteiger partial charge in [-0.1, -0.05) is 30.3 Å². The lowest BCUT2D eigenvalue weighted by atomic mass is 9.89. The summed E-state index contributed by atoms with van der Waals surface area (Å²) in [7, 11) is 1.51. The molecule has 4 nitrogen and oxygen atoms in total. The van der Waals surface area contributed by atoms with E-state index in [-0.39, 0.29) is 17.7 Å². The Balaban J connectivity index is 1.59. The second-order valence-corrected chi connectivity index (χ2v) is 6.40. The van der Waals surface area contributed by atoms with E-state index in [1.54, 1.807) is 10.6 Å². The molecule has 2 aromatic rings. The molecule has 22 heavy (non-hydrogen) atoms. The van der Waals surface area contributed by atoms with E-state index in [9.17, 15) is 4.79 Å². The van der Waals surface area contributed by atoms with E-state index in [2.05, 4.69) is 28.1 Å². The zero-order valence-corrected chi connectivity index (χ0v) is 14.0. The first-order valence-corrected chi connectivity index (χ1v) is 8.08. The smallest absolute Gasteiger partial charge is 0.293 e. The van der Waals surface area contributed by atoms with Crippen LogP contribution in [0.2, 0.25) is 0 Å². The largest absolute Gasteiger partial charge is 0.491 e. The number of aromatic nitrogens is 1. The van der Waals surface area contributed by atoms with Crippen molar-refractivity contribution in [3.63, 3.8) is 0 Å². The fourth-order valence-electron chi connectivity index (χ4n) is 2.65. The molecule has 0 amide bonds. The minimum absolute atomic E-state index is 0.0859. The fraction of sp³-hybridized carbons (Fsp3) is 0.353. The first kappa shape index (κ1) is 15.3. The number of rotatable bonds is 5. The Kier molecular flexibility index (Phi) is 4.64. The first-order chi connectivity index (χ1) is 10.7. The van der Waals surface area contributed by atoms with Crippen molar-refractivity contribution in [3.8, 4) is 5.75 Å². The average Bonchev–Trinajstić information content (AvgIpc) is 2.49. The molecule has 1 aromatic carbocycles. The number of pyridine rings is 1. The average molecular weight is 364 g/mol. The minimum Gasteiger partial charge on any atom is -0.491 e. The lowest BCUT2D eigenvalue weighted by Crippen LogP contribution is -2.38. The lowest BCUT2D eigenvalue weighted by molar-refractivity contribution is -0.0365. The normalized spacial score (nSPS) is 20.5. The Bertz CT molecular complexity index is 693. The van der Waals surface area contributed by atoms with Crippen LogP contribution in [-0.2, 0) is 11.3 Å². The third-order valence-electron chi connectivity index (χ3n) is 3.99. The molecule has 1 fully saturated rings. The van der Waals surface area contributed by atoms with Crippen LogP contribution in [-0.4, -0.2) is 17.8 Å². The van der Waals surface area contributed by atoms with Crippen LogP contribution in [0.1, 0.15) is 24.4 Å². The Morgan fingerprint density at radius 2 is 2.00 bits per heavy atom. The molecular formula is C17H18BrNO3. The van der Waals surface area contributed by atoms with E-state index >= 15 is 0 Å². The van der Waals surface area contributed by atoms with Crippen LogP contribution in [0.25, 0.3) is 0 Å². The Labute approximate surface area is 137 Å². The number of nitrogens with zero attached hydrogens (tertiary/aromatic N) is 1. The molecule has 0 radical (unpaired) electrons. The van der Waals surface area contributed by atoms with E-state index in [0.717, 1.165) is 17.3 Å². The summed E-state index contributed by atoms with van der Waals surface area (Å²) < 4.78 is 13.6. The van der Waals surface area contributed by atoms with Gasteiger partial charge in [-0.3, -0.25) is 4.79 Å². The summed E-state index contributed by atoms with van der Waals surface area (Å²) in [5.74, 6) is 0.364. The Morgan fingerprint density at radius 1 is 1.27 bits per heavy atom. The molecule has 0 bridgehead atoms.